The van der Waals surface area contributed by atoms with Crippen LogP contribution in [0, 0.1) is 0 Å². The normalized spacial score (nSPS) is 13.1. The predicted molar refractivity (Wildman–Crippen MR) is 61.0 cm³/mol. The van der Waals surface area contributed by atoms with Crippen LogP contribution in [0.2, 0.25) is 4.34 Å². The number of nitrogens with zero attached hydrogens (tertiary/aromatic N) is 2. The molecule has 0 aromatic carbocycles. The standard InChI is InChI=1S/C7H4BrClN2OS2/c8-6-5(13-2-11-6)4(12)7-10-1-3(9)14-7/h1-2,4,12H. The maximum absolute atomic E-state index is 9.90. The molecule has 74 valence electrons. The number of thiazole rings is 2. The fraction of sp³-hybridized carbons (Fsp3) is 0.143. The number of halogens is 2. The van der Waals surface area contributed by atoms with Gasteiger partial charge >= 0.3 is 0 Å². The van der Waals surface area contributed by atoms with E-state index in [0.29, 0.717) is 13.9 Å². The summed E-state index contributed by atoms with van der Waals surface area (Å²) >= 11 is 11.6. The van der Waals surface area contributed by atoms with Gasteiger partial charge in [0, 0.05) is 0 Å². The van der Waals surface area contributed by atoms with Crippen LogP contribution in [-0.4, -0.2) is 15.1 Å². The molecule has 0 fully saturated rings. The van der Waals surface area contributed by atoms with Gasteiger partial charge in [-0.05, 0) is 15.9 Å². The Hall–Kier alpha value is -0.0100. The van der Waals surface area contributed by atoms with Crippen molar-refractivity contribution in [3.63, 3.8) is 0 Å². The number of hydrogen-bond donors (Lipinski definition) is 1. The molecule has 0 amide bonds. The second-order valence-corrected chi connectivity index (χ2v) is 5.74. The molecular formula is C7H4BrClN2OS2. The van der Waals surface area contributed by atoms with Crippen LogP contribution >= 0.6 is 50.2 Å². The molecule has 1 unspecified atom stereocenters. The maximum atomic E-state index is 9.90. The monoisotopic (exact) mass is 310 g/mol. The minimum atomic E-state index is -0.741. The second kappa shape index (κ2) is 4.24. The third-order valence-corrected chi connectivity index (χ3v) is 4.47. The van der Waals surface area contributed by atoms with E-state index in [9.17, 15) is 5.11 Å². The fourth-order valence-corrected chi connectivity index (χ4v) is 3.32. The van der Waals surface area contributed by atoms with Gasteiger partial charge in [0.05, 0.1) is 16.6 Å². The van der Waals surface area contributed by atoms with E-state index >= 15 is 0 Å². The average molecular weight is 312 g/mol. The van der Waals surface area contributed by atoms with Crippen LogP contribution in [0.5, 0.6) is 0 Å². The first-order chi connectivity index (χ1) is 6.68. The van der Waals surface area contributed by atoms with Crippen molar-refractivity contribution in [2.75, 3.05) is 0 Å². The summed E-state index contributed by atoms with van der Waals surface area (Å²) in [4.78, 5) is 8.74. The Labute approximate surface area is 102 Å². The molecule has 1 N–H and O–H groups in total. The number of rotatable bonds is 2. The number of aromatic nitrogens is 2. The summed E-state index contributed by atoms with van der Waals surface area (Å²) in [5, 5.41) is 10.5. The molecule has 0 aliphatic carbocycles. The lowest BCUT2D eigenvalue weighted by Crippen LogP contribution is -1.96. The maximum Gasteiger partial charge on any atom is 0.142 e. The molecule has 1 atom stereocenters. The summed E-state index contributed by atoms with van der Waals surface area (Å²) in [6.07, 6.45) is 0.786. The molecule has 2 aromatic rings. The van der Waals surface area contributed by atoms with E-state index in [1.54, 1.807) is 5.51 Å². The average Bonchev–Trinajstić information content (AvgIpc) is 2.73. The van der Waals surface area contributed by atoms with E-state index in [1.165, 1.54) is 28.9 Å². The molecule has 3 nitrogen and oxygen atoms in total. The first kappa shape index (κ1) is 10.5. The highest BCUT2D eigenvalue weighted by Crippen LogP contribution is 2.33. The van der Waals surface area contributed by atoms with Crippen molar-refractivity contribution in [2.24, 2.45) is 0 Å². The molecule has 2 heterocycles. The molecule has 2 aromatic heterocycles. The van der Waals surface area contributed by atoms with Crippen molar-refractivity contribution < 1.29 is 5.11 Å². The summed E-state index contributed by atoms with van der Waals surface area (Å²) in [7, 11) is 0. The van der Waals surface area contributed by atoms with E-state index in [-0.39, 0.29) is 0 Å². The molecule has 0 aliphatic rings. The van der Waals surface area contributed by atoms with Gasteiger partial charge in [-0.2, -0.15) is 0 Å². The highest BCUT2D eigenvalue weighted by atomic mass is 79.9. The Morgan fingerprint density at radius 2 is 2.29 bits per heavy atom. The summed E-state index contributed by atoms with van der Waals surface area (Å²) in [5.41, 5.74) is 1.66. The molecule has 0 spiro atoms. The first-order valence-electron chi connectivity index (χ1n) is 3.56. The number of aliphatic hydroxyl groups is 1. The van der Waals surface area contributed by atoms with Gasteiger partial charge in [-0.15, -0.1) is 22.7 Å². The Balaban J connectivity index is 2.33. The number of aliphatic hydroxyl groups excluding tert-OH is 1. The van der Waals surface area contributed by atoms with E-state index < -0.39 is 6.10 Å². The van der Waals surface area contributed by atoms with Crippen molar-refractivity contribution in [1.29, 1.82) is 0 Å². The zero-order chi connectivity index (χ0) is 10.1. The van der Waals surface area contributed by atoms with Gasteiger partial charge in [0.25, 0.3) is 0 Å². The molecule has 0 aliphatic heterocycles. The molecular weight excluding hydrogens is 308 g/mol. The molecule has 2 rings (SSSR count). The quantitative estimate of drug-likeness (QED) is 0.927. The van der Waals surface area contributed by atoms with Gasteiger partial charge in [-0.25, -0.2) is 9.97 Å². The third-order valence-electron chi connectivity index (χ3n) is 1.53. The predicted octanol–water partition coefficient (Wildman–Crippen LogP) is 3.10. The van der Waals surface area contributed by atoms with Crippen LogP contribution in [-0.2, 0) is 0 Å². The van der Waals surface area contributed by atoms with E-state index in [2.05, 4.69) is 25.9 Å². The van der Waals surface area contributed by atoms with Gasteiger partial charge in [0.1, 0.15) is 20.1 Å². The number of hydrogen-bond acceptors (Lipinski definition) is 5. The van der Waals surface area contributed by atoms with Crippen molar-refractivity contribution in [1.82, 2.24) is 9.97 Å². The van der Waals surface area contributed by atoms with Gasteiger partial charge in [0.15, 0.2) is 0 Å². The van der Waals surface area contributed by atoms with Crippen LogP contribution in [0.15, 0.2) is 16.3 Å². The summed E-state index contributed by atoms with van der Waals surface area (Å²) < 4.78 is 1.22. The summed E-state index contributed by atoms with van der Waals surface area (Å²) in [6, 6.07) is 0. The SMILES string of the molecule is OC(c1ncc(Cl)s1)c1scnc1Br. The highest BCUT2D eigenvalue weighted by molar-refractivity contribution is 9.10. The molecule has 7 heteroatoms. The lowest BCUT2D eigenvalue weighted by atomic mass is 10.3. The molecule has 0 radical (unpaired) electrons. The third kappa shape index (κ3) is 1.99. The molecule has 14 heavy (non-hydrogen) atoms. The van der Waals surface area contributed by atoms with Crippen LogP contribution in [0.4, 0.5) is 0 Å². The fourth-order valence-electron chi connectivity index (χ4n) is 0.924. The largest absolute Gasteiger partial charge is 0.380 e. The topological polar surface area (TPSA) is 46.0 Å². The zero-order valence-corrected chi connectivity index (χ0v) is 10.6. The van der Waals surface area contributed by atoms with Gasteiger partial charge in [0.2, 0.25) is 0 Å². The highest BCUT2D eigenvalue weighted by Gasteiger charge is 2.19. The first-order valence-corrected chi connectivity index (χ1v) is 6.43. The van der Waals surface area contributed by atoms with Gasteiger partial charge in [-0.1, -0.05) is 11.6 Å². The summed E-state index contributed by atoms with van der Waals surface area (Å²) in [6.45, 7) is 0. The Morgan fingerprint density at radius 1 is 1.50 bits per heavy atom. The van der Waals surface area contributed by atoms with Gasteiger partial charge < -0.3 is 5.11 Å². The van der Waals surface area contributed by atoms with E-state index in [0.717, 1.165) is 4.88 Å². The summed E-state index contributed by atoms with van der Waals surface area (Å²) in [5.74, 6) is 0. The molecule has 0 bridgehead atoms. The van der Waals surface area contributed by atoms with Crippen LogP contribution in [0.25, 0.3) is 0 Å². The Kier molecular flexibility index (Phi) is 3.18. The van der Waals surface area contributed by atoms with Crippen molar-refractivity contribution >= 4 is 50.2 Å². The Morgan fingerprint density at radius 3 is 2.79 bits per heavy atom. The van der Waals surface area contributed by atoms with E-state index in [1.807, 2.05) is 0 Å². The van der Waals surface area contributed by atoms with Crippen molar-refractivity contribution in [3.8, 4) is 0 Å². The van der Waals surface area contributed by atoms with Crippen molar-refractivity contribution in [3.05, 3.63) is 30.5 Å². The lowest BCUT2D eigenvalue weighted by Gasteiger charge is -2.03. The smallest absolute Gasteiger partial charge is 0.142 e. The molecule has 0 saturated heterocycles. The van der Waals surface area contributed by atoms with Crippen LogP contribution < -0.4 is 0 Å². The van der Waals surface area contributed by atoms with Gasteiger partial charge in [-0.3, -0.25) is 0 Å². The van der Waals surface area contributed by atoms with Crippen molar-refractivity contribution in [2.45, 2.75) is 6.10 Å². The van der Waals surface area contributed by atoms with E-state index in [4.69, 9.17) is 11.6 Å². The zero-order valence-electron chi connectivity index (χ0n) is 6.65. The molecule has 0 saturated carbocycles. The Bertz CT molecular complexity index is 444. The lowest BCUT2D eigenvalue weighted by molar-refractivity contribution is 0.222. The van der Waals surface area contributed by atoms with Crippen LogP contribution in [0.1, 0.15) is 16.0 Å². The second-order valence-electron chi connectivity index (χ2n) is 2.41. The minimum Gasteiger partial charge on any atom is -0.380 e. The minimum absolute atomic E-state index is 0.569. The van der Waals surface area contributed by atoms with Crippen LogP contribution in [0.3, 0.4) is 0 Å².